The molecule has 5 nitrogen and oxygen atoms in total. The third-order valence-corrected chi connectivity index (χ3v) is 5.14. The van der Waals surface area contributed by atoms with Crippen LogP contribution in [0.5, 0.6) is 0 Å². The number of furan rings is 1. The van der Waals surface area contributed by atoms with Gasteiger partial charge in [-0.25, -0.2) is 4.79 Å². The summed E-state index contributed by atoms with van der Waals surface area (Å²) in [6, 6.07) is 10.6. The molecule has 2 aromatic rings. The lowest BCUT2D eigenvalue weighted by molar-refractivity contribution is -0.121. The van der Waals surface area contributed by atoms with Gasteiger partial charge in [-0.1, -0.05) is 42.2 Å². The van der Waals surface area contributed by atoms with E-state index in [0.29, 0.717) is 39.5 Å². The second-order valence-electron chi connectivity index (χ2n) is 5.58. The molecule has 1 amide bonds. The summed E-state index contributed by atoms with van der Waals surface area (Å²) < 4.78 is 11.3. The van der Waals surface area contributed by atoms with E-state index in [-0.39, 0.29) is 11.9 Å². The minimum Gasteiger partial charge on any atom is -0.462 e. The van der Waals surface area contributed by atoms with Gasteiger partial charge in [-0.05, 0) is 31.2 Å². The van der Waals surface area contributed by atoms with Crippen LogP contribution in [0, 0.1) is 0 Å². The molecule has 1 fully saturated rings. The maximum Gasteiger partial charge on any atom is 0.338 e. The van der Waals surface area contributed by atoms with Gasteiger partial charge in [-0.15, -0.1) is 6.58 Å². The summed E-state index contributed by atoms with van der Waals surface area (Å²) in [6.07, 6.45) is 3.32. The zero-order valence-corrected chi connectivity index (χ0v) is 16.3. The topological polar surface area (TPSA) is 59.8 Å². The van der Waals surface area contributed by atoms with Crippen molar-refractivity contribution in [1.82, 2.24) is 4.90 Å². The fourth-order valence-electron chi connectivity index (χ4n) is 2.49. The van der Waals surface area contributed by atoms with Crippen molar-refractivity contribution >= 4 is 46.3 Å². The summed E-state index contributed by atoms with van der Waals surface area (Å²) >= 11 is 6.46. The third-order valence-electron chi connectivity index (χ3n) is 3.77. The quantitative estimate of drug-likeness (QED) is 0.308. The number of rotatable bonds is 6. The molecule has 0 spiro atoms. The van der Waals surface area contributed by atoms with E-state index in [1.807, 2.05) is 6.07 Å². The first-order valence-electron chi connectivity index (χ1n) is 8.27. The van der Waals surface area contributed by atoms with Crippen LogP contribution in [0.2, 0.25) is 0 Å². The molecule has 1 aromatic heterocycles. The van der Waals surface area contributed by atoms with Gasteiger partial charge < -0.3 is 9.15 Å². The number of thioether (sulfide) groups is 1. The van der Waals surface area contributed by atoms with Crippen molar-refractivity contribution in [2.75, 3.05) is 13.2 Å². The molecule has 2 heterocycles. The predicted molar refractivity (Wildman–Crippen MR) is 110 cm³/mol. The van der Waals surface area contributed by atoms with Crippen LogP contribution in [0.1, 0.15) is 23.0 Å². The van der Waals surface area contributed by atoms with Gasteiger partial charge in [-0.3, -0.25) is 9.69 Å². The first kappa shape index (κ1) is 19.1. The number of carbonyl (C=O) groups excluding carboxylic acids is 2. The van der Waals surface area contributed by atoms with E-state index < -0.39 is 0 Å². The Morgan fingerprint density at radius 2 is 2.04 bits per heavy atom. The Morgan fingerprint density at radius 1 is 1.30 bits per heavy atom. The number of carbonyl (C=O) groups is 2. The Hall–Kier alpha value is -2.64. The second kappa shape index (κ2) is 8.37. The van der Waals surface area contributed by atoms with Crippen LogP contribution in [0.3, 0.4) is 0 Å². The molecule has 0 radical (unpaired) electrons. The fourth-order valence-corrected chi connectivity index (χ4v) is 3.74. The number of amides is 1. The van der Waals surface area contributed by atoms with E-state index in [2.05, 4.69) is 6.58 Å². The Balaban J connectivity index is 1.77. The van der Waals surface area contributed by atoms with E-state index in [0.717, 1.165) is 5.56 Å². The van der Waals surface area contributed by atoms with E-state index in [1.54, 1.807) is 49.4 Å². The first-order chi connectivity index (χ1) is 13.0. The minimum absolute atomic E-state index is 0.151. The van der Waals surface area contributed by atoms with Gasteiger partial charge in [0.2, 0.25) is 0 Å². The lowest BCUT2D eigenvalue weighted by Gasteiger charge is -2.10. The van der Waals surface area contributed by atoms with Gasteiger partial charge in [-0.2, -0.15) is 0 Å². The standard InChI is InChI=1S/C20H17NO4S2/c1-3-11-21-18(22)17(27-20(21)26)12-15-9-10-16(25-15)13-5-7-14(8-6-13)19(23)24-4-2/h3,5-10,12H,1,4,11H2,2H3. The Labute approximate surface area is 166 Å². The highest BCUT2D eigenvalue weighted by atomic mass is 32.2. The maximum absolute atomic E-state index is 12.4. The third kappa shape index (κ3) is 4.20. The lowest BCUT2D eigenvalue weighted by atomic mass is 10.1. The summed E-state index contributed by atoms with van der Waals surface area (Å²) in [5.74, 6) is 0.684. The molecular formula is C20H17NO4S2. The number of hydrogen-bond donors (Lipinski definition) is 0. The Morgan fingerprint density at radius 3 is 2.70 bits per heavy atom. The van der Waals surface area contributed by atoms with Gasteiger partial charge in [0, 0.05) is 18.2 Å². The maximum atomic E-state index is 12.4. The van der Waals surface area contributed by atoms with Crippen LogP contribution < -0.4 is 0 Å². The molecule has 0 aliphatic carbocycles. The number of hydrogen-bond acceptors (Lipinski definition) is 6. The van der Waals surface area contributed by atoms with Crippen molar-refractivity contribution in [1.29, 1.82) is 0 Å². The smallest absolute Gasteiger partial charge is 0.338 e. The molecule has 0 saturated carbocycles. The SMILES string of the molecule is C=CCN1C(=O)C(=Cc2ccc(-c3ccc(C(=O)OCC)cc3)o2)SC1=S. The number of nitrogens with zero attached hydrogens (tertiary/aromatic N) is 1. The van der Waals surface area contributed by atoms with Crippen LogP contribution in [-0.2, 0) is 9.53 Å². The van der Waals surface area contributed by atoms with E-state index in [1.165, 1.54) is 16.7 Å². The molecule has 7 heteroatoms. The molecule has 1 aromatic carbocycles. The highest BCUT2D eigenvalue weighted by Gasteiger charge is 2.31. The van der Waals surface area contributed by atoms with Crippen LogP contribution in [-0.4, -0.2) is 34.2 Å². The number of ether oxygens (including phenoxy) is 1. The Bertz CT molecular complexity index is 928. The zero-order chi connectivity index (χ0) is 19.4. The minimum atomic E-state index is -0.356. The molecule has 0 N–H and O–H groups in total. The van der Waals surface area contributed by atoms with Gasteiger partial charge in [0.1, 0.15) is 15.8 Å². The summed E-state index contributed by atoms with van der Waals surface area (Å²) in [7, 11) is 0. The average Bonchev–Trinajstić information content (AvgIpc) is 3.23. The summed E-state index contributed by atoms with van der Waals surface area (Å²) in [5.41, 5.74) is 1.31. The van der Waals surface area contributed by atoms with E-state index in [4.69, 9.17) is 21.4 Å². The van der Waals surface area contributed by atoms with Crippen molar-refractivity contribution in [3.05, 3.63) is 65.3 Å². The van der Waals surface area contributed by atoms with Crippen molar-refractivity contribution in [3.63, 3.8) is 0 Å². The molecule has 0 atom stereocenters. The summed E-state index contributed by atoms with van der Waals surface area (Å²) in [5, 5.41) is 0. The van der Waals surface area contributed by atoms with E-state index in [9.17, 15) is 9.59 Å². The molecule has 1 aliphatic heterocycles. The largest absolute Gasteiger partial charge is 0.462 e. The number of esters is 1. The molecule has 1 aliphatic rings. The first-order valence-corrected chi connectivity index (χ1v) is 9.49. The van der Waals surface area contributed by atoms with Crippen LogP contribution in [0.15, 0.2) is 58.4 Å². The number of benzene rings is 1. The molecule has 3 rings (SSSR count). The van der Waals surface area contributed by atoms with Crippen LogP contribution in [0.25, 0.3) is 17.4 Å². The molecule has 27 heavy (non-hydrogen) atoms. The summed E-state index contributed by atoms with van der Waals surface area (Å²) in [4.78, 5) is 26.1. The fraction of sp³-hybridized carbons (Fsp3) is 0.150. The molecular weight excluding hydrogens is 382 g/mol. The van der Waals surface area contributed by atoms with E-state index >= 15 is 0 Å². The average molecular weight is 399 g/mol. The van der Waals surface area contributed by atoms with Crippen molar-refractivity contribution in [2.24, 2.45) is 0 Å². The highest BCUT2D eigenvalue weighted by Crippen LogP contribution is 2.33. The normalized spacial score (nSPS) is 15.4. The van der Waals surface area contributed by atoms with Crippen LogP contribution in [0.4, 0.5) is 0 Å². The van der Waals surface area contributed by atoms with Gasteiger partial charge in [0.15, 0.2) is 0 Å². The summed E-state index contributed by atoms with van der Waals surface area (Å²) in [6.45, 7) is 6.12. The van der Waals surface area contributed by atoms with Crippen molar-refractivity contribution in [2.45, 2.75) is 6.92 Å². The monoisotopic (exact) mass is 399 g/mol. The number of thiocarbonyl (C=S) groups is 1. The van der Waals surface area contributed by atoms with Gasteiger partial charge in [0.05, 0.1) is 17.1 Å². The highest BCUT2D eigenvalue weighted by molar-refractivity contribution is 8.26. The molecule has 1 saturated heterocycles. The lowest BCUT2D eigenvalue weighted by Crippen LogP contribution is -2.27. The molecule has 0 unspecified atom stereocenters. The van der Waals surface area contributed by atoms with Crippen molar-refractivity contribution < 1.29 is 18.7 Å². The van der Waals surface area contributed by atoms with Crippen LogP contribution >= 0.6 is 24.0 Å². The zero-order valence-electron chi connectivity index (χ0n) is 14.6. The van der Waals surface area contributed by atoms with Crippen molar-refractivity contribution in [3.8, 4) is 11.3 Å². The second-order valence-corrected chi connectivity index (χ2v) is 7.26. The van der Waals surface area contributed by atoms with Gasteiger partial charge in [0.25, 0.3) is 5.91 Å². The molecule has 0 bridgehead atoms. The van der Waals surface area contributed by atoms with Gasteiger partial charge >= 0.3 is 5.97 Å². The molecule has 138 valence electrons. The predicted octanol–water partition coefficient (Wildman–Crippen LogP) is 4.51. The Kier molecular flexibility index (Phi) is 5.93.